The second kappa shape index (κ2) is 12.4. The molecular formula is C21H25N3O6S. The Labute approximate surface area is 186 Å². The van der Waals surface area contributed by atoms with Crippen molar-refractivity contribution in [3.8, 4) is 23.0 Å². The van der Waals surface area contributed by atoms with Crippen molar-refractivity contribution >= 4 is 29.5 Å². The Kier molecular flexibility index (Phi) is 9.53. The van der Waals surface area contributed by atoms with E-state index in [2.05, 4.69) is 15.8 Å². The molecule has 0 unspecified atom stereocenters. The van der Waals surface area contributed by atoms with Gasteiger partial charge in [0.1, 0.15) is 5.75 Å². The molecule has 0 spiro atoms. The number of carbonyl (C=O) groups excluding carboxylic acids is 1. The van der Waals surface area contributed by atoms with Gasteiger partial charge in [-0.15, -0.1) is 0 Å². The Bertz CT molecular complexity index is 893. The average Bonchev–Trinajstić information content (AvgIpc) is 2.79. The van der Waals surface area contributed by atoms with Gasteiger partial charge in [-0.05, 0) is 54.2 Å². The zero-order chi connectivity index (χ0) is 22.6. The molecule has 2 aromatic rings. The summed E-state index contributed by atoms with van der Waals surface area (Å²) in [6.45, 7) is 1.13. The molecule has 0 aliphatic carbocycles. The van der Waals surface area contributed by atoms with E-state index < -0.39 is 5.97 Å². The molecule has 0 aromatic heterocycles. The van der Waals surface area contributed by atoms with E-state index in [1.807, 2.05) is 0 Å². The number of nitrogens with zero attached hydrogens (tertiary/aromatic N) is 1. The summed E-state index contributed by atoms with van der Waals surface area (Å²) in [4.78, 5) is 12.5. The van der Waals surface area contributed by atoms with Crippen LogP contribution in [0.1, 0.15) is 15.9 Å². The third kappa shape index (κ3) is 7.12. The number of carbonyl (C=O) groups is 1. The molecule has 0 aliphatic rings. The fourth-order valence-corrected chi connectivity index (χ4v) is 2.61. The number of thiocarbonyl (C=S) groups is 1. The SMILES string of the molecule is COCCNC(=S)N/N=C/c1ccc(OC(=O)c2cc(OC)c(OC)c(OC)c2)cc1. The number of esters is 1. The van der Waals surface area contributed by atoms with Gasteiger partial charge in [0.15, 0.2) is 16.6 Å². The van der Waals surface area contributed by atoms with Gasteiger partial charge in [0.05, 0.1) is 39.7 Å². The minimum Gasteiger partial charge on any atom is -0.493 e. The van der Waals surface area contributed by atoms with E-state index in [-0.39, 0.29) is 5.56 Å². The van der Waals surface area contributed by atoms with Gasteiger partial charge in [-0.1, -0.05) is 0 Å². The van der Waals surface area contributed by atoms with Crippen molar-refractivity contribution in [1.82, 2.24) is 10.7 Å². The van der Waals surface area contributed by atoms with Crippen molar-refractivity contribution in [2.45, 2.75) is 0 Å². The minimum absolute atomic E-state index is 0.263. The molecule has 0 radical (unpaired) electrons. The van der Waals surface area contributed by atoms with Gasteiger partial charge in [0.2, 0.25) is 5.75 Å². The van der Waals surface area contributed by atoms with Crippen LogP contribution in [0.3, 0.4) is 0 Å². The van der Waals surface area contributed by atoms with Gasteiger partial charge in [-0.25, -0.2) is 4.79 Å². The van der Waals surface area contributed by atoms with Gasteiger partial charge in [-0.2, -0.15) is 5.10 Å². The molecule has 2 N–H and O–H groups in total. The molecular weight excluding hydrogens is 422 g/mol. The predicted molar refractivity (Wildman–Crippen MR) is 121 cm³/mol. The first-order chi connectivity index (χ1) is 15.0. The highest BCUT2D eigenvalue weighted by Crippen LogP contribution is 2.38. The molecule has 2 rings (SSSR count). The molecule has 0 heterocycles. The number of ether oxygens (including phenoxy) is 5. The molecule has 10 heteroatoms. The van der Waals surface area contributed by atoms with E-state index in [1.54, 1.807) is 37.6 Å². The average molecular weight is 448 g/mol. The lowest BCUT2D eigenvalue weighted by atomic mass is 10.2. The van der Waals surface area contributed by atoms with Crippen LogP contribution in [-0.2, 0) is 4.74 Å². The van der Waals surface area contributed by atoms with Crippen molar-refractivity contribution in [2.24, 2.45) is 5.10 Å². The highest BCUT2D eigenvalue weighted by molar-refractivity contribution is 7.80. The largest absolute Gasteiger partial charge is 0.493 e. The standard InChI is InChI=1S/C21H25N3O6S/c1-26-10-9-22-21(31)24-23-13-14-5-7-16(8-6-14)30-20(25)15-11-17(27-2)19(29-4)18(12-15)28-3/h5-8,11-13H,9-10H2,1-4H3,(H2,22,24,31)/b23-13+. The lowest BCUT2D eigenvalue weighted by Crippen LogP contribution is -2.34. The number of benzene rings is 2. The van der Waals surface area contributed by atoms with Gasteiger partial charge < -0.3 is 29.0 Å². The zero-order valence-electron chi connectivity index (χ0n) is 17.8. The normalized spacial score (nSPS) is 10.5. The summed E-state index contributed by atoms with van der Waals surface area (Å²) in [5.41, 5.74) is 3.76. The lowest BCUT2D eigenvalue weighted by molar-refractivity contribution is 0.0734. The van der Waals surface area contributed by atoms with Gasteiger partial charge in [0, 0.05) is 13.7 Å². The van der Waals surface area contributed by atoms with E-state index in [0.717, 1.165) is 5.56 Å². The van der Waals surface area contributed by atoms with Crippen molar-refractivity contribution in [3.05, 3.63) is 47.5 Å². The molecule has 0 atom stereocenters. The van der Waals surface area contributed by atoms with E-state index >= 15 is 0 Å². The molecule has 166 valence electrons. The van der Waals surface area contributed by atoms with E-state index in [0.29, 0.717) is 41.3 Å². The highest BCUT2D eigenvalue weighted by Gasteiger charge is 2.18. The smallest absolute Gasteiger partial charge is 0.343 e. The number of methoxy groups -OCH3 is 4. The third-order valence-corrected chi connectivity index (χ3v) is 4.20. The second-order valence-corrected chi connectivity index (χ2v) is 6.40. The fourth-order valence-electron chi connectivity index (χ4n) is 2.46. The Morgan fingerprint density at radius 1 is 1.03 bits per heavy atom. The first-order valence-corrected chi connectivity index (χ1v) is 9.61. The monoisotopic (exact) mass is 447 g/mol. The van der Waals surface area contributed by atoms with Crippen LogP contribution < -0.4 is 29.7 Å². The van der Waals surface area contributed by atoms with Crippen molar-refractivity contribution < 1.29 is 28.5 Å². The van der Waals surface area contributed by atoms with Crippen molar-refractivity contribution in [1.29, 1.82) is 0 Å². The second-order valence-electron chi connectivity index (χ2n) is 5.99. The maximum Gasteiger partial charge on any atom is 0.343 e. The summed E-state index contributed by atoms with van der Waals surface area (Å²) in [7, 11) is 6.06. The van der Waals surface area contributed by atoms with Crippen LogP contribution in [0.5, 0.6) is 23.0 Å². The van der Waals surface area contributed by atoms with E-state index in [1.165, 1.54) is 33.5 Å². The van der Waals surface area contributed by atoms with Crippen LogP contribution in [-0.4, -0.2) is 58.9 Å². The summed E-state index contributed by atoms with van der Waals surface area (Å²) in [5.74, 6) is 0.938. The highest BCUT2D eigenvalue weighted by atomic mass is 32.1. The van der Waals surface area contributed by atoms with Crippen LogP contribution >= 0.6 is 12.2 Å². The van der Waals surface area contributed by atoms with Gasteiger partial charge in [0.25, 0.3) is 0 Å². The Morgan fingerprint density at radius 2 is 1.68 bits per heavy atom. The third-order valence-electron chi connectivity index (χ3n) is 3.96. The topological polar surface area (TPSA) is 99.6 Å². The summed E-state index contributed by atoms with van der Waals surface area (Å²) >= 11 is 5.07. The molecule has 2 aromatic carbocycles. The molecule has 9 nitrogen and oxygen atoms in total. The van der Waals surface area contributed by atoms with Crippen LogP contribution in [0.4, 0.5) is 0 Å². The Balaban J connectivity index is 1.99. The van der Waals surface area contributed by atoms with Crippen LogP contribution in [0.15, 0.2) is 41.5 Å². The molecule has 0 aliphatic heterocycles. The molecule has 0 fully saturated rings. The van der Waals surface area contributed by atoms with Crippen LogP contribution in [0, 0.1) is 0 Å². The molecule has 0 saturated carbocycles. The number of hydrogen-bond donors (Lipinski definition) is 2. The predicted octanol–water partition coefficient (Wildman–Crippen LogP) is 2.38. The maximum atomic E-state index is 12.5. The molecule has 0 saturated heterocycles. The van der Waals surface area contributed by atoms with Crippen LogP contribution in [0.2, 0.25) is 0 Å². The Hall–Kier alpha value is -3.37. The maximum absolute atomic E-state index is 12.5. The first kappa shape index (κ1) is 23.9. The summed E-state index contributed by atoms with van der Waals surface area (Å²) in [6, 6.07) is 9.88. The lowest BCUT2D eigenvalue weighted by Gasteiger charge is -2.13. The molecule has 31 heavy (non-hydrogen) atoms. The van der Waals surface area contributed by atoms with E-state index in [4.69, 9.17) is 35.9 Å². The number of hydrazone groups is 1. The summed E-state index contributed by atoms with van der Waals surface area (Å²) < 4.78 is 26.1. The zero-order valence-corrected chi connectivity index (χ0v) is 18.6. The van der Waals surface area contributed by atoms with Crippen molar-refractivity contribution in [3.63, 3.8) is 0 Å². The van der Waals surface area contributed by atoms with E-state index in [9.17, 15) is 4.79 Å². The quantitative estimate of drug-likeness (QED) is 0.142. The fraction of sp³-hybridized carbons (Fsp3) is 0.286. The number of nitrogens with one attached hydrogen (secondary N) is 2. The number of rotatable bonds is 10. The number of hydrogen-bond acceptors (Lipinski definition) is 8. The summed E-state index contributed by atoms with van der Waals surface area (Å²) in [5, 5.41) is 7.38. The van der Waals surface area contributed by atoms with Crippen molar-refractivity contribution in [2.75, 3.05) is 41.6 Å². The summed E-state index contributed by atoms with van der Waals surface area (Å²) in [6.07, 6.45) is 1.59. The minimum atomic E-state index is -0.560. The van der Waals surface area contributed by atoms with Gasteiger partial charge in [-0.3, -0.25) is 5.43 Å². The molecule has 0 amide bonds. The van der Waals surface area contributed by atoms with Crippen LogP contribution in [0.25, 0.3) is 0 Å². The Morgan fingerprint density at radius 3 is 2.23 bits per heavy atom. The first-order valence-electron chi connectivity index (χ1n) is 9.20. The molecule has 0 bridgehead atoms. The van der Waals surface area contributed by atoms with Gasteiger partial charge >= 0.3 is 5.97 Å².